The van der Waals surface area contributed by atoms with Gasteiger partial charge in [-0.15, -0.1) is 0 Å². The Morgan fingerprint density at radius 1 is 1.32 bits per heavy atom. The van der Waals surface area contributed by atoms with Crippen LogP contribution in [0.25, 0.3) is 0 Å². The predicted molar refractivity (Wildman–Crippen MR) is 105 cm³/mol. The van der Waals surface area contributed by atoms with Crippen molar-refractivity contribution in [2.75, 3.05) is 6.61 Å². The average molecular weight is 365 g/mol. The van der Waals surface area contributed by atoms with Gasteiger partial charge >= 0.3 is 0 Å². The van der Waals surface area contributed by atoms with Crippen LogP contribution in [0.15, 0.2) is 24.3 Å². The van der Waals surface area contributed by atoms with Gasteiger partial charge in [-0.25, -0.2) is 0 Å². The Morgan fingerprint density at radius 2 is 1.96 bits per heavy atom. The lowest BCUT2D eigenvalue weighted by atomic mass is 9.82. The minimum Gasteiger partial charge on any atom is -0.411 e. The number of rotatable bonds is 3. The molecule has 1 spiro atoms. The largest absolute Gasteiger partial charge is 0.411 e. The van der Waals surface area contributed by atoms with E-state index in [1.165, 1.54) is 0 Å². The summed E-state index contributed by atoms with van der Waals surface area (Å²) in [4.78, 5) is 0. The van der Waals surface area contributed by atoms with Crippen LogP contribution in [0.3, 0.4) is 0 Å². The highest BCUT2D eigenvalue weighted by Crippen LogP contribution is 2.52. The first-order valence-corrected chi connectivity index (χ1v) is 12.7. The average Bonchev–Trinajstić information content (AvgIpc) is 3.33. The van der Waals surface area contributed by atoms with Crippen molar-refractivity contribution in [1.82, 2.24) is 0 Å². The molecular formula is C21H36O3Si. The van der Waals surface area contributed by atoms with Crippen molar-refractivity contribution >= 4 is 8.32 Å². The molecule has 0 amide bonds. The lowest BCUT2D eigenvalue weighted by Gasteiger charge is -2.42. The highest BCUT2D eigenvalue weighted by Gasteiger charge is 2.68. The van der Waals surface area contributed by atoms with Crippen molar-refractivity contribution in [2.24, 2.45) is 11.8 Å². The van der Waals surface area contributed by atoms with E-state index in [9.17, 15) is 0 Å². The van der Waals surface area contributed by atoms with Crippen LogP contribution in [-0.2, 0) is 13.9 Å². The van der Waals surface area contributed by atoms with E-state index in [2.05, 4.69) is 66.4 Å². The van der Waals surface area contributed by atoms with Gasteiger partial charge in [-0.05, 0) is 36.4 Å². The molecule has 3 rings (SSSR count). The van der Waals surface area contributed by atoms with Crippen molar-refractivity contribution in [3.05, 3.63) is 24.3 Å². The third kappa shape index (κ3) is 3.82. The zero-order valence-corrected chi connectivity index (χ0v) is 18.1. The Hall–Kier alpha value is -0.423. The maximum absolute atomic E-state index is 6.93. The van der Waals surface area contributed by atoms with E-state index in [-0.39, 0.29) is 29.0 Å². The van der Waals surface area contributed by atoms with Crippen molar-refractivity contribution in [3.63, 3.8) is 0 Å². The van der Waals surface area contributed by atoms with Crippen LogP contribution in [0.1, 0.15) is 47.5 Å². The third-order valence-electron chi connectivity index (χ3n) is 6.71. The molecule has 0 radical (unpaired) electrons. The fourth-order valence-corrected chi connectivity index (χ4v) is 4.99. The molecule has 0 aromatic heterocycles. The van der Waals surface area contributed by atoms with Crippen molar-refractivity contribution in [3.8, 4) is 0 Å². The molecule has 4 heteroatoms. The second-order valence-electron chi connectivity index (χ2n) is 10.1. The zero-order chi connectivity index (χ0) is 18.6. The van der Waals surface area contributed by atoms with Crippen LogP contribution < -0.4 is 0 Å². The number of hydrogen-bond acceptors (Lipinski definition) is 3. The van der Waals surface area contributed by atoms with E-state index in [0.29, 0.717) is 11.8 Å². The van der Waals surface area contributed by atoms with Gasteiger partial charge in [0.05, 0.1) is 18.8 Å². The van der Waals surface area contributed by atoms with Gasteiger partial charge in [0.2, 0.25) is 0 Å². The van der Waals surface area contributed by atoms with Crippen molar-refractivity contribution in [2.45, 2.75) is 89.5 Å². The SMILES string of the molecule is C=C1/C=C/[C@H](C(C)C)C[C@H](O[Si](C)(C)C(C)(C)C)[C@@]2(CO2)[C@@H]2O[C@@H]2C1. The molecule has 0 aromatic rings. The number of fused-ring (bicyclic) bond motifs is 2. The van der Waals surface area contributed by atoms with E-state index in [1.54, 1.807) is 0 Å². The second-order valence-corrected chi connectivity index (χ2v) is 14.8. The first-order valence-electron chi connectivity index (χ1n) is 9.79. The summed E-state index contributed by atoms with van der Waals surface area (Å²) in [5, 5.41) is 0.194. The van der Waals surface area contributed by atoms with Gasteiger partial charge in [0.15, 0.2) is 8.32 Å². The normalized spacial score (nSPS) is 40.1. The summed E-state index contributed by atoms with van der Waals surface area (Å²) in [6.07, 6.45) is 7.00. The van der Waals surface area contributed by atoms with Gasteiger partial charge in [-0.1, -0.05) is 58.9 Å². The molecule has 142 valence electrons. The zero-order valence-electron chi connectivity index (χ0n) is 17.1. The summed E-state index contributed by atoms with van der Waals surface area (Å²) >= 11 is 0. The minimum absolute atomic E-state index is 0.117. The predicted octanol–water partition coefficient (Wildman–Crippen LogP) is 5.09. The summed E-state index contributed by atoms with van der Waals surface area (Å²) in [6, 6.07) is 0. The Kier molecular flexibility index (Phi) is 4.90. The Balaban J connectivity index is 1.89. The molecule has 2 aliphatic heterocycles. The molecule has 3 aliphatic rings. The second kappa shape index (κ2) is 6.33. The molecule has 0 N–H and O–H groups in total. The minimum atomic E-state index is -1.88. The monoisotopic (exact) mass is 364 g/mol. The maximum atomic E-state index is 6.93. The van der Waals surface area contributed by atoms with Gasteiger partial charge in [0.25, 0.3) is 0 Å². The third-order valence-corrected chi connectivity index (χ3v) is 11.2. The van der Waals surface area contributed by atoms with Crippen LogP contribution in [-0.4, -0.2) is 38.8 Å². The highest BCUT2D eigenvalue weighted by molar-refractivity contribution is 6.74. The lowest BCUT2D eigenvalue weighted by molar-refractivity contribution is 0.0466. The van der Waals surface area contributed by atoms with Crippen LogP contribution >= 0.6 is 0 Å². The van der Waals surface area contributed by atoms with Gasteiger partial charge in [-0.3, -0.25) is 0 Å². The molecule has 2 fully saturated rings. The first kappa shape index (κ1) is 19.3. The number of epoxide rings is 2. The van der Waals surface area contributed by atoms with E-state index < -0.39 is 8.32 Å². The molecule has 0 bridgehead atoms. The van der Waals surface area contributed by atoms with Gasteiger partial charge < -0.3 is 13.9 Å². The molecule has 0 unspecified atom stereocenters. The van der Waals surface area contributed by atoms with Crippen molar-refractivity contribution < 1.29 is 13.9 Å². The summed E-state index contributed by atoms with van der Waals surface area (Å²) in [7, 11) is -1.88. The molecular weight excluding hydrogens is 328 g/mol. The number of ether oxygens (including phenoxy) is 2. The molecule has 0 aromatic carbocycles. The Bertz CT molecular complexity index is 554. The van der Waals surface area contributed by atoms with Crippen LogP contribution in [0.5, 0.6) is 0 Å². The summed E-state index contributed by atoms with van der Waals surface area (Å²) in [5.74, 6) is 1.05. The smallest absolute Gasteiger partial charge is 0.192 e. The van der Waals surface area contributed by atoms with Gasteiger partial charge in [-0.2, -0.15) is 0 Å². The van der Waals surface area contributed by atoms with E-state index in [0.717, 1.165) is 25.0 Å². The van der Waals surface area contributed by atoms with E-state index in [1.807, 2.05) is 0 Å². The van der Waals surface area contributed by atoms with E-state index >= 15 is 0 Å². The lowest BCUT2D eigenvalue weighted by Crippen LogP contribution is -2.51. The highest BCUT2D eigenvalue weighted by atomic mass is 28.4. The molecule has 1 aliphatic carbocycles. The van der Waals surface area contributed by atoms with Gasteiger partial charge in [0, 0.05) is 6.42 Å². The Labute approximate surface area is 154 Å². The first-order chi connectivity index (χ1) is 11.5. The molecule has 3 nitrogen and oxygen atoms in total. The van der Waals surface area contributed by atoms with Crippen LogP contribution in [0.4, 0.5) is 0 Å². The Morgan fingerprint density at radius 3 is 2.48 bits per heavy atom. The van der Waals surface area contributed by atoms with Gasteiger partial charge in [0.1, 0.15) is 11.7 Å². The molecule has 5 atom stereocenters. The number of allylic oxidation sites excluding steroid dienone is 2. The maximum Gasteiger partial charge on any atom is 0.192 e. The quantitative estimate of drug-likeness (QED) is 0.516. The molecule has 0 saturated carbocycles. The summed E-state index contributed by atoms with van der Waals surface area (Å²) in [5.41, 5.74) is 0.941. The molecule has 2 saturated heterocycles. The summed E-state index contributed by atoms with van der Waals surface area (Å²) < 4.78 is 19.0. The standard InChI is InChI=1S/C21H36O3Si/c1-14(2)16-10-9-15(3)11-17-19(23-17)21(13-22-21)18(12-16)24-25(7,8)20(4,5)6/h9-10,14,16-19H,3,11-13H2,1-2,4-8H3/b10-9+/t16-,17+,18-,19+,21-/m0/s1. The van der Waals surface area contributed by atoms with Crippen LogP contribution in [0.2, 0.25) is 18.1 Å². The van der Waals surface area contributed by atoms with Crippen molar-refractivity contribution in [1.29, 1.82) is 0 Å². The topological polar surface area (TPSA) is 34.3 Å². The van der Waals surface area contributed by atoms with E-state index in [4.69, 9.17) is 13.9 Å². The molecule has 25 heavy (non-hydrogen) atoms. The fourth-order valence-electron chi connectivity index (χ4n) is 3.63. The number of hydrogen-bond donors (Lipinski definition) is 0. The van der Waals surface area contributed by atoms with Crippen LogP contribution in [0, 0.1) is 11.8 Å². The summed E-state index contributed by atoms with van der Waals surface area (Å²) in [6.45, 7) is 21.2. The fraction of sp³-hybridized carbons (Fsp3) is 0.810. The molecule has 2 heterocycles.